The molecule has 120 valence electrons. The molecule has 0 fully saturated rings. The Bertz CT molecular complexity index is 827. The van der Waals surface area contributed by atoms with Gasteiger partial charge in [0.05, 0.1) is 18.2 Å². The Labute approximate surface area is 141 Å². The smallest absolute Gasteiger partial charge is 0.167 e. The van der Waals surface area contributed by atoms with E-state index in [1.54, 1.807) is 12.1 Å². The molecule has 4 nitrogen and oxygen atoms in total. The van der Waals surface area contributed by atoms with Gasteiger partial charge in [0.25, 0.3) is 0 Å². The first-order valence-corrected chi connectivity index (χ1v) is 8.00. The van der Waals surface area contributed by atoms with Crippen molar-refractivity contribution in [2.24, 2.45) is 0 Å². The van der Waals surface area contributed by atoms with Crippen LogP contribution in [0.1, 0.15) is 25.3 Å². The summed E-state index contributed by atoms with van der Waals surface area (Å²) in [7, 11) is 0. The standard InChI is InChI=1S/C20H18N2O2/c1-2-3-12-23-18-10-8-16(9-11-18)19-13-20(24-22-19)17-6-4-15(14-21)5-7-17/h4-11,13H,2-3,12H2,1H3. The van der Waals surface area contributed by atoms with Crippen LogP contribution >= 0.6 is 0 Å². The lowest BCUT2D eigenvalue weighted by atomic mass is 10.1. The van der Waals surface area contributed by atoms with Crippen LogP contribution in [0.5, 0.6) is 5.75 Å². The normalized spacial score (nSPS) is 10.3. The van der Waals surface area contributed by atoms with Gasteiger partial charge >= 0.3 is 0 Å². The number of nitrogens with zero attached hydrogens (tertiary/aromatic N) is 2. The lowest BCUT2D eigenvalue weighted by molar-refractivity contribution is 0.309. The molecule has 0 bridgehead atoms. The number of hydrogen-bond acceptors (Lipinski definition) is 4. The van der Waals surface area contributed by atoms with Gasteiger partial charge in [-0.15, -0.1) is 0 Å². The Morgan fingerprint density at radius 2 is 1.75 bits per heavy atom. The first-order valence-electron chi connectivity index (χ1n) is 8.00. The highest BCUT2D eigenvalue weighted by Gasteiger charge is 2.09. The van der Waals surface area contributed by atoms with Gasteiger partial charge in [-0.2, -0.15) is 5.26 Å². The average molecular weight is 318 g/mol. The summed E-state index contributed by atoms with van der Waals surface area (Å²) in [4.78, 5) is 0. The molecule has 1 aromatic heterocycles. The minimum absolute atomic E-state index is 0.622. The monoisotopic (exact) mass is 318 g/mol. The fourth-order valence-electron chi connectivity index (χ4n) is 2.31. The molecule has 0 aliphatic carbocycles. The molecule has 3 rings (SSSR count). The molecule has 0 spiro atoms. The molecular weight excluding hydrogens is 300 g/mol. The van der Waals surface area contributed by atoms with Crippen LogP contribution in [0.4, 0.5) is 0 Å². The highest BCUT2D eigenvalue weighted by Crippen LogP contribution is 2.27. The Hall–Kier alpha value is -3.06. The maximum Gasteiger partial charge on any atom is 0.167 e. The Morgan fingerprint density at radius 1 is 1.04 bits per heavy atom. The summed E-state index contributed by atoms with van der Waals surface area (Å²) >= 11 is 0. The van der Waals surface area contributed by atoms with Crippen molar-refractivity contribution in [3.63, 3.8) is 0 Å². The van der Waals surface area contributed by atoms with E-state index in [2.05, 4.69) is 18.1 Å². The van der Waals surface area contributed by atoms with E-state index in [1.807, 2.05) is 42.5 Å². The third-order valence-electron chi connectivity index (χ3n) is 3.73. The van der Waals surface area contributed by atoms with E-state index >= 15 is 0 Å². The van der Waals surface area contributed by atoms with E-state index in [4.69, 9.17) is 14.5 Å². The molecule has 0 amide bonds. The summed E-state index contributed by atoms with van der Waals surface area (Å²) in [5.41, 5.74) is 3.26. The molecule has 2 aromatic carbocycles. The molecule has 0 N–H and O–H groups in total. The molecule has 0 saturated heterocycles. The third-order valence-corrected chi connectivity index (χ3v) is 3.73. The Balaban J connectivity index is 1.74. The Morgan fingerprint density at radius 3 is 2.42 bits per heavy atom. The Kier molecular flexibility index (Phi) is 4.93. The lowest BCUT2D eigenvalue weighted by Crippen LogP contribution is -1.95. The highest BCUT2D eigenvalue weighted by molar-refractivity contribution is 5.67. The van der Waals surface area contributed by atoms with Crippen LogP contribution in [0.15, 0.2) is 59.1 Å². The molecule has 0 aliphatic heterocycles. The predicted octanol–water partition coefficient (Wildman–Crippen LogP) is 5.06. The van der Waals surface area contributed by atoms with Crippen LogP contribution in [0.2, 0.25) is 0 Å². The topological polar surface area (TPSA) is 59.0 Å². The van der Waals surface area contributed by atoms with Gasteiger partial charge < -0.3 is 9.26 Å². The maximum absolute atomic E-state index is 8.85. The van der Waals surface area contributed by atoms with E-state index in [-0.39, 0.29) is 0 Å². The van der Waals surface area contributed by atoms with Crippen molar-refractivity contribution in [1.29, 1.82) is 5.26 Å². The van der Waals surface area contributed by atoms with Crippen LogP contribution in [-0.2, 0) is 0 Å². The lowest BCUT2D eigenvalue weighted by Gasteiger charge is -2.05. The third kappa shape index (κ3) is 3.64. The molecule has 0 radical (unpaired) electrons. The van der Waals surface area contributed by atoms with Crippen LogP contribution in [0.3, 0.4) is 0 Å². The van der Waals surface area contributed by atoms with Crippen LogP contribution < -0.4 is 4.74 Å². The number of aromatic nitrogens is 1. The van der Waals surface area contributed by atoms with E-state index in [9.17, 15) is 0 Å². The van der Waals surface area contributed by atoms with Crippen LogP contribution in [0, 0.1) is 11.3 Å². The number of nitriles is 1. The summed E-state index contributed by atoms with van der Waals surface area (Å²) in [6.07, 6.45) is 2.17. The number of unbranched alkanes of at least 4 members (excludes halogenated alkanes) is 1. The zero-order chi connectivity index (χ0) is 16.8. The van der Waals surface area contributed by atoms with Crippen molar-refractivity contribution in [3.8, 4) is 34.4 Å². The molecule has 0 unspecified atom stereocenters. The van der Waals surface area contributed by atoms with Gasteiger partial charge in [0.2, 0.25) is 0 Å². The summed E-state index contributed by atoms with van der Waals surface area (Å²) in [5.74, 6) is 1.54. The predicted molar refractivity (Wildman–Crippen MR) is 92.5 cm³/mol. The van der Waals surface area contributed by atoms with Gasteiger partial charge in [-0.3, -0.25) is 0 Å². The number of ether oxygens (including phenoxy) is 1. The van der Waals surface area contributed by atoms with Gasteiger partial charge in [-0.05, 0) is 55.0 Å². The van der Waals surface area contributed by atoms with Crippen molar-refractivity contribution in [2.75, 3.05) is 6.61 Å². The van der Waals surface area contributed by atoms with Crippen molar-refractivity contribution in [2.45, 2.75) is 19.8 Å². The van der Waals surface area contributed by atoms with E-state index < -0.39 is 0 Å². The fraction of sp³-hybridized carbons (Fsp3) is 0.200. The van der Waals surface area contributed by atoms with E-state index in [1.165, 1.54) is 0 Å². The van der Waals surface area contributed by atoms with E-state index in [0.29, 0.717) is 11.3 Å². The number of hydrogen-bond donors (Lipinski definition) is 0. The first kappa shape index (κ1) is 15.8. The van der Waals surface area contributed by atoms with Gasteiger partial charge in [-0.25, -0.2) is 0 Å². The first-order chi connectivity index (χ1) is 11.8. The van der Waals surface area contributed by atoms with Crippen LogP contribution in [-0.4, -0.2) is 11.8 Å². The molecule has 4 heteroatoms. The molecule has 1 heterocycles. The zero-order valence-corrected chi connectivity index (χ0v) is 13.5. The molecule has 0 atom stereocenters. The molecular formula is C20H18N2O2. The van der Waals surface area contributed by atoms with Crippen molar-refractivity contribution in [1.82, 2.24) is 5.16 Å². The second kappa shape index (κ2) is 7.47. The largest absolute Gasteiger partial charge is 0.494 e. The van der Waals surface area contributed by atoms with Crippen molar-refractivity contribution >= 4 is 0 Å². The molecule has 24 heavy (non-hydrogen) atoms. The summed E-state index contributed by atoms with van der Waals surface area (Å²) in [5, 5.41) is 13.0. The molecule has 0 saturated carbocycles. The van der Waals surface area contributed by atoms with Gasteiger partial charge in [0, 0.05) is 17.2 Å². The van der Waals surface area contributed by atoms with Gasteiger partial charge in [-0.1, -0.05) is 18.5 Å². The highest BCUT2D eigenvalue weighted by atomic mass is 16.5. The molecule has 0 aliphatic rings. The van der Waals surface area contributed by atoms with Gasteiger partial charge in [0.15, 0.2) is 5.76 Å². The fourth-order valence-corrected chi connectivity index (χ4v) is 2.31. The second-order valence-electron chi connectivity index (χ2n) is 5.49. The quantitative estimate of drug-likeness (QED) is 0.596. The van der Waals surface area contributed by atoms with E-state index in [0.717, 1.165) is 42.0 Å². The SMILES string of the molecule is CCCCOc1ccc(-c2cc(-c3ccc(C#N)cc3)on2)cc1. The number of rotatable bonds is 6. The van der Waals surface area contributed by atoms with Crippen LogP contribution in [0.25, 0.3) is 22.6 Å². The summed E-state index contributed by atoms with van der Waals surface area (Å²) in [6.45, 7) is 2.88. The van der Waals surface area contributed by atoms with Crippen molar-refractivity contribution in [3.05, 3.63) is 60.2 Å². The number of benzene rings is 2. The maximum atomic E-state index is 8.85. The minimum Gasteiger partial charge on any atom is -0.494 e. The molecule has 3 aromatic rings. The second-order valence-corrected chi connectivity index (χ2v) is 5.49. The minimum atomic E-state index is 0.622. The summed E-state index contributed by atoms with van der Waals surface area (Å²) in [6, 6.07) is 19.1. The van der Waals surface area contributed by atoms with Crippen molar-refractivity contribution < 1.29 is 9.26 Å². The zero-order valence-electron chi connectivity index (χ0n) is 13.5. The summed E-state index contributed by atoms with van der Waals surface area (Å²) < 4.78 is 11.1. The van der Waals surface area contributed by atoms with Gasteiger partial charge in [0.1, 0.15) is 11.4 Å². The average Bonchev–Trinajstić information content (AvgIpc) is 3.13.